The summed E-state index contributed by atoms with van der Waals surface area (Å²) < 4.78 is 1.33. The topological polar surface area (TPSA) is 0 Å². The van der Waals surface area contributed by atoms with Gasteiger partial charge in [-0.25, -0.2) is 0 Å². The lowest BCUT2D eigenvalue weighted by molar-refractivity contribution is 0.427. The molecule has 1 heteroatoms. The minimum atomic E-state index is -0.142. The SMILES string of the molecule is CC1C=CC2=C(C1)C1C(Br)=CC=CC1C21c2ccccc2-c2ccc(-c3ccccc3)cc21. The van der Waals surface area contributed by atoms with Gasteiger partial charge in [-0.15, -0.1) is 0 Å². The van der Waals surface area contributed by atoms with E-state index >= 15 is 0 Å². The molecule has 0 nitrogen and oxygen atoms in total. The maximum absolute atomic E-state index is 3.99. The Hall–Kier alpha value is -2.90. The van der Waals surface area contributed by atoms with Gasteiger partial charge in [-0.3, -0.25) is 0 Å². The monoisotopic (exact) mass is 488 g/mol. The quantitative estimate of drug-likeness (QED) is 0.321. The van der Waals surface area contributed by atoms with Crippen LogP contribution in [0.3, 0.4) is 0 Å². The van der Waals surface area contributed by atoms with E-state index < -0.39 is 0 Å². The zero-order valence-corrected chi connectivity index (χ0v) is 20.2. The second-order valence-corrected chi connectivity index (χ2v) is 10.8. The van der Waals surface area contributed by atoms with Crippen LogP contribution in [0.15, 0.2) is 119 Å². The predicted octanol–water partition coefficient (Wildman–Crippen LogP) is 8.61. The first-order chi connectivity index (χ1) is 16.2. The fourth-order valence-corrected chi connectivity index (χ4v) is 7.67. The molecule has 4 aliphatic carbocycles. The van der Waals surface area contributed by atoms with Gasteiger partial charge in [0.05, 0.1) is 5.41 Å². The van der Waals surface area contributed by atoms with Gasteiger partial charge in [-0.1, -0.05) is 126 Å². The maximum Gasteiger partial charge on any atom is 0.0535 e. The number of halogens is 1. The molecule has 0 amide bonds. The van der Waals surface area contributed by atoms with E-state index in [0.29, 0.717) is 17.8 Å². The molecule has 3 aromatic rings. The molecule has 1 spiro atoms. The van der Waals surface area contributed by atoms with Crippen LogP contribution in [-0.4, -0.2) is 0 Å². The molecule has 4 unspecified atom stereocenters. The van der Waals surface area contributed by atoms with Crippen molar-refractivity contribution < 1.29 is 0 Å². The summed E-state index contributed by atoms with van der Waals surface area (Å²) in [5, 5.41) is 0. The van der Waals surface area contributed by atoms with Crippen molar-refractivity contribution in [1.82, 2.24) is 0 Å². The van der Waals surface area contributed by atoms with Crippen LogP contribution in [0.5, 0.6) is 0 Å². The number of benzene rings is 3. The summed E-state index contributed by atoms with van der Waals surface area (Å²) in [5.41, 5.74) is 11.3. The van der Waals surface area contributed by atoms with E-state index in [1.807, 2.05) is 0 Å². The molecule has 0 fully saturated rings. The lowest BCUT2D eigenvalue weighted by Gasteiger charge is -2.38. The van der Waals surface area contributed by atoms with Crippen LogP contribution in [0.1, 0.15) is 24.5 Å². The third-order valence-corrected chi connectivity index (χ3v) is 8.96. The second-order valence-electron chi connectivity index (χ2n) is 9.90. The molecule has 0 radical (unpaired) electrons. The van der Waals surface area contributed by atoms with Crippen molar-refractivity contribution in [3.8, 4) is 22.3 Å². The highest BCUT2D eigenvalue weighted by Crippen LogP contribution is 2.67. The zero-order chi connectivity index (χ0) is 22.2. The minimum absolute atomic E-state index is 0.142. The summed E-state index contributed by atoms with van der Waals surface area (Å²) in [6.45, 7) is 2.35. The van der Waals surface area contributed by atoms with Crippen molar-refractivity contribution in [1.29, 1.82) is 0 Å². The van der Waals surface area contributed by atoms with Gasteiger partial charge < -0.3 is 0 Å². The van der Waals surface area contributed by atoms with Crippen LogP contribution in [0.4, 0.5) is 0 Å². The predicted molar refractivity (Wildman–Crippen MR) is 141 cm³/mol. The molecule has 0 aromatic heterocycles. The number of allylic oxidation sites excluding steroid dienone is 8. The number of rotatable bonds is 1. The molecule has 4 atom stereocenters. The first kappa shape index (κ1) is 19.6. The fraction of sp³-hybridized carbons (Fsp3) is 0.188. The molecule has 7 rings (SSSR count). The third-order valence-electron chi connectivity index (χ3n) is 8.20. The normalized spacial score (nSPS) is 28.4. The van der Waals surface area contributed by atoms with Crippen LogP contribution in [0.25, 0.3) is 22.3 Å². The van der Waals surface area contributed by atoms with Gasteiger partial charge >= 0.3 is 0 Å². The van der Waals surface area contributed by atoms with Crippen molar-refractivity contribution >= 4 is 15.9 Å². The van der Waals surface area contributed by atoms with E-state index in [1.165, 1.54) is 43.4 Å². The largest absolute Gasteiger partial charge is 0.0811 e. The average molecular weight is 489 g/mol. The summed E-state index contributed by atoms with van der Waals surface area (Å²) in [6, 6.07) is 27.1. The first-order valence-corrected chi connectivity index (χ1v) is 12.7. The Bertz CT molecular complexity index is 1420. The summed E-state index contributed by atoms with van der Waals surface area (Å²) >= 11 is 3.99. The summed E-state index contributed by atoms with van der Waals surface area (Å²) in [4.78, 5) is 0. The van der Waals surface area contributed by atoms with Crippen molar-refractivity contribution in [3.05, 3.63) is 130 Å². The zero-order valence-electron chi connectivity index (χ0n) is 18.6. The van der Waals surface area contributed by atoms with Gasteiger partial charge in [0.1, 0.15) is 0 Å². The van der Waals surface area contributed by atoms with Crippen molar-refractivity contribution in [2.24, 2.45) is 17.8 Å². The number of hydrogen-bond acceptors (Lipinski definition) is 0. The Labute approximate surface area is 204 Å². The van der Waals surface area contributed by atoms with Gasteiger partial charge in [0, 0.05) is 16.3 Å². The molecule has 160 valence electrons. The molecule has 0 aliphatic heterocycles. The molecule has 0 bridgehead atoms. The van der Waals surface area contributed by atoms with Crippen LogP contribution in [0, 0.1) is 17.8 Å². The second kappa shape index (κ2) is 7.05. The highest BCUT2D eigenvalue weighted by molar-refractivity contribution is 9.11. The number of hydrogen-bond donors (Lipinski definition) is 0. The highest BCUT2D eigenvalue weighted by Gasteiger charge is 2.59. The molecule has 3 aromatic carbocycles. The van der Waals surface area contributed by atoms with Crippen LogP contribution in [-0.2, 0) is 5.41 Å². The van der Waals surface area contributed by atoms with E-state index in [9.17, 15) is 0 Å². The van der Waals surface area contributed by atoms with E-state index in [0.717, 1.165) is 6.42 Å². The number of fused-ring (bicyclic) bond motifs is 9. The van der Waals surface area contributed by atoms with Gasteiger partial charge in [-0.05, 0) is 57.4 Å². The lowest BCUT2D eigenvalue weighted by Crippen LogP contribution is -2.35. The lowest BCUT2D eigenvalue weighted by atomic mass is 9.64. The Morgan fingerprint density at radius 3 is 2.48 bits per heavy atom. The standard InChI is InChI=1S/C32H25Br/c1-20-14-17-27-25(18-20)31-28(12-7-13-30(31)33)32(27)26-11-6-5-10-23(26)24-16-15-22(19-29(24)32)21-8-3-2-4-9-21/h2-17,19-20,28,31H,18H2,1H3. The summed E-state index contributed by atoms with van der Waals surface area (Å²) in [7, 11) is 0. The van der Waals surface area contributed by atoms with Gasteiger partial charge in [0.15, 0.2) is 0 Å². The summed E-state index contributed by atoms with van der Waals surface area (Å²) in [5.74, 6) is 1.37. The highest BCUT2D eigenvalue weighted by atomic mass is 79.9. The van der Waals surface area contributed by atoms with Crippen molar-refractivity contribution in [2.75, 3.05) is 0 Å². The Morgan fingerprint density at radius 2 is 1.61 bits per heavy atom. The van der Waals surface area contributed by atoms with Crippen molar-refractivity contribution in [3.63, 3.8) is 0 Å². The Balaban J connectivity index is 1.57. The van der Waals surface area contributed by atoms with E-state index in [-0.39, 0.29) is 5.41 Å². The van der Waals surface area contributed by atoms with Gasteiger partial charge in [0.25, 0.3) is 0 Å². The van der Waals surface area contributed by atoms with Gasteiger partial charge in [-0.2, -0.15) is 0 Å². The first-order valence-electron chi connectivity index (χ1n) is 11.9. The van der Waals surface area contributed by atoms with E-state index in [1.54, 1.807) is 5.57 Å². The van der Waals surface area contributed by atoms with E-state index in [2.05, 4.69) is 126 Å². The average Bonchev–Trinajstić information content (AvgIpc) is 3.31. The fourth-order valence-electron chi connectivity index (χ4n) is 6.95. The Kier molecular flexibility index (Phi) is 4.18. The summed E-state index contributed by atoms with van der Waals surface area (Å²) in [6.07, 6.45) is 13.0. The molecule has 33 heavy (non-hydrogen) atoms. The molecule has 0 N–H and O–H groups in total. The molecule has 0 heterocycles. The minimum Gasteiger partial charge on any atom is -0.0811 e. The van der Waals surface area contributed by atoms with Crippen LogP contribution < -0.4 is 0 Å². The van der Waals surface area contributed by atoms with Crippen LogP contribution in [0.2, 0.25) is 0 Å². The van der Waals surface area contributed by atoms with Crippen molar-refractivity contribution in [2.45, 2.75) is 18.8 Å². The third kappa shape index (κ3) is 2.52. The molecule has 0 saturated heterocycles. The van der Waals surface area contributed by atoms with E-state index in [4.69, 9.17) is 0 Å². The maximum atomic E-state index is 3.99. The Morgan fingerprint density at radius 1 is 0.818 bits per heavy atom. The molecule has 0 saturated carbocycles. The molecule has 4 aliphatic rings. The van der Waals surface area contributed by atoms with Crippen LogP contribution >= 0.6 is 15.9 Å². The van der Waals surface area contributed by atoms with Gasteiger partial charge in [0.2, 0.25) is 0 Å². The smallest absolute Gasteiger partial charge is 0.0535 e. The molecular weight excluding hydrogens is 464 g/mol. The molecular formula is C32H25Br.